The van der Waals surface area contributed by atoms with Gasteiger partial charge in [0.2, 0.25) is 0 Å². The second-order valence-electron chi connectivity index (χ2n) is 4.09. The molecule has 1 aromatic heterocycles. The van der Waals surface area contributed by atoms with Crippen LogP contribution in [0.5, 0.6) is 0 Å². The number of nitrogens with two attached hydrogens (primary N) is 1. The van der Waals surface area contributed by atoms with Crippen LogP contribution >= 0.6 is 0 Å². The van der Waals surface area contributed by atoms with Crippen LogP contribution in [0.15, 0.2) is 42.7 Å². The van der Waals surface area contributed by atoms with Crippen LogP contribution in [0.2, 0.25) is 0 Å². The van der Waals surface area contributed by atoms with Gasteiger partial charge in [-0.05, 0) is 18.4 Å². The Morgan fingerprint density at radius 2 is 2.06 bits per heavy atom. The van der Waals surface area contributed by atoms with Gasteiger partial charge in [-0.25, -0.2) is 0 Å². The molecule has 0 saturated heterocycles. The van der Waals surface area contributed by atoms with E-state index in [9.17, 15) is 0 Å². The van der Waals surface area contributed by atoms with Gasteiger partial charge in [0.1, 0.15) is 0 Å². The SMILES string of the molecule is NCC#Cc1cnn(CCCc2ccccc2)c1. The minimum Gasteiger partial charge on any atom is -0.320 e. The summed E-state index contributed by atoms with van der Waals surface area (Å²) in [5, 5.41) is 4.27. The number of hydrogen-bond acceptors (Lipinski definition) is 2. The minimum atomic E-state index is 0.388. The predicted octanol–water partition coefficient (Wildman–Crippen LogP) is 1.83. The largest absolute Gasteiger partial charge is 0.320 e. The Hall–Kier alpha value is -2.05. The van der Waals surface area contributed by atoms with Crippen LogP contribution in [0.25, 0.3) is 0 Å². The van der Waals surface area contributed by atoms with E-state index in [1.165, 1.54) is 5.56 Å². The van der Waals surface area contributed by atoms with Crippen LogP contribution in [0.1, 0.15) is 17.5 Å². The molecule has 0 aliphatic carbocycles. The normalized spacial score (nSPS) is 9.83. The Balaban J connectivity index is 1.82. The standard InChI is InChI=1S/C15H17N3/c16-10-4-8-15-12-17-18(13-15)11-5-9-14-6-2-1-3-7-14/h1-3,6-7,12-13H,5,9-11,16H2. The maximum absolute atomic E-state index is 5.33. The lowest BCUT2D eigenvalue weighted by Crippen LogP contribution is -1.99. The Morgan fingerprint density at radius 3 is 2.83 bits per heavy atom. The van der Waals surface area contributed by atoms with Crippen molar-refractivity contribution in [3.63, 3.8) is 0 Å². The molecule has 0 radical (unpaired) electrons. The van der Waals surface area contributed by atoms with Crippen molar-refractivity contribution in [3.8, 4) is 11.8 Å². The Labute approximate surface area is 108 Å². The van der Waals surface area contributed by atoms with Crippen molar-refractivity contribution in [2.45, 2.75) is 19.4 Å². The number of benzene rings is 1. The molecule has 2 N–H and O–H groups in total. The summed E-state index contributed by atoms with van der Waals surface area (Å²) in [5.41, 5.74) is 7.63. The first-order valence-electron chi connectivity index (χ1n) is 6.14. The highest BCUT2D eigenvalue weighted by Gasteiger charge is 1.96. The highest BCUT2D eigenvalue weighted by atomic mass is 15.3. The topological polar surface area (TPSA) is 43.8 Å². The maximum atomic E-state index is 5.33. The van der Waals surface area contributed by atoms with Crippen molar-refractivity contribution in [1.82, 2.24) is 9.78 Å². The van der Waals surface area contributed by atoms with Gasteiger partial charge in [-0.2, -0.15) is 5.10 Å². The summed E-state index contributed by atoms with van der Waals surface area (Å²) in [4.78, 5) is 0. The van der Waals surface area contributed by atoms with Gasteiger partial charge < -0.3 is 5.73 Å². The number of hydrogen-bond donors (Lipinski definition) is 1. The first-order chi connectivity index (χ1) is 8.88. The molecule has 1 aromatic carbocycles. The molecular formula is C15H17N3. The average molecular weight is 239 g/mol. The van der Waals surface area contributed by atoms with E-state index in [4.69, 9.17) is 5.73 Å². The van der Waals surface area contributed by atoms with Gasteiger partial charge in [-0.1, -0.05) is 42.2 Å². The Bertz CT molecular complexity index is 532. The molecule has 0 fully saturated rings. The van der Waals surface area contributed by atoms with E-state index in [2.05, 4.69) is 41.2 Å². The minimum absolute atomic E-state index is 0.388. The molecule has 3 nitrogen and oxygen atoms in total. The van der Waals surface area contributed by atoms with E-state index in [0.29, 0.717) is 6.54 Å². The molecule has 0 aliphatic heterocycles. The third-order valence-corrected chi connectivity index (χ3v) is 2.66. The summed E-state index contributed by atoms with van der Waals surface area (Å²) in [6.45, 7) is 1.30. The summed E-state index contributed by atoms with van der Waals surface area (Å²) in [7, 11) is 0. The third kappa shape index (κ3) is 3.76. The van der Waals surface area contributed by atoms with Crippen LogP contribution < -0.4 is 5.73 Å². The number of aromatic nitrogens is 2. The van der Waals surface area contributed by atoms with Crippen LogP contribution in [0.3, 0.4) is 0 Å². The second kappa shape index (κ2) is 6.63. The van der Waals surface area contributed by atoms with Gasteiger partial charge in [0, 0.05) is 12.7 Å². The fourth-order valence-electron chi connectivity index (χ4n) is 1.79. The van der Waals surface area contributed by atoms with Gasteiger partial charge in [0.15, 0.2) is 0 Å². The molecule has 0 amide bonds. The number of rotatable bonds is 4. The molecule has 2 rings (SSSR count). The average Bonchev–Trinajstić information content (AvgIpc) is 2.85. The van der Waals surface area contributed by atoms with Gasteiger partial charge in [-0.15, -0.1) is 0 Å². The molecule has 0 saturated carbocycles. The Kier molecular flexibility index (Phi) is 4.57. The van der Waals surface area contributed by atoms with Crippen molar-refractivity contribution >= 4 is 0 Å². The van der Waals surface area contributed by atoms with Gasteiger partial charge in [0.05, 0.1) is 18.3 Å². The molecule has 0 unspecified atom stereocenters. The van der Waals surface area contributed by atoms with Gasteiger partial charge in [0.25, 0.3) is 0 Å². The molecule has 0 spiro atoms. The fraction of sp³-hybridized carbons (Fsp3) is 0.267. The molecular weight excluding hydrogens is 222 g/mol. The first-order valence-corrected chi connectivity index (χ1v) is 6.14. The zero-order valence-electron chi connectivity index (χ0n) is 10.3. The molecule has 0 bridgehead atoms. The smallest absolute Gasteiger partial charge is 0.0646 e. The summed E-state index contributed by atoms with van der Waals surface area (Å²) < 4.78 is 1.93. The van der Waals surface area contributed by atoms with E-state index < -0.39 is 0 Å². The van der Waals surface area contributed by atoms with E-state index in [-0.39, 0.29) is 0 Å². The highest BCUT2D eigenvalue weighted by molar-refractivity contribution is 5.29. The lowest BCUT2D eigenvalue weighted by Gasteiger charge is -2.01. The van der Waals surface area contributed by atoms with Gasteiger partial charge >= 0.3 is 0 Å². The maximum Gasteiger partial charge on any atom is 0.0646 e. The summed E-state index contributed by atoms with van der Waals surface area (Å²) >= 11 is 0. The quantitative estimate of drug-likeness (QED) is 0.827. The molecule has 3 heteroatoms. The second-order valence-corrected chi connectivity index (χ2v) is 4.09. The van der Waals surface area contributed by atoms with Crippen LogP contribution in [0.4, 0.5) is 0 Å². The lowest BCUT2D eigenvalue weighted by molar-refractivity contribution is 0.579. The summed E-state index contributed by atoms with van der Waals surface area (Å²) in [5.74, 6) is 5.80. The van der Waals surface area contributed by atoms with Crippen molar-refractivity contribution in [3.05, 3.63) is 53.9 Å². The monoisotopic (exact) mass is 239 g/mol. The highest BCUT2D eigenvalue weighted by Crippen LogP contribution is 2.04. The fourth-order valence-corrected chi connectivity index (χ4v) is 1.79. The lowest BCUT2D eigenvalue weighted by atomic mass is 10.1. The summed E-state index contributed by atoms with van der Waals surface area (Å²) in [6.07, 6.45) is 5.90. The molecule has 1 heterocycles. The predicted molar refractivity (Wildman–Crippen MR) is 72.9 cm³/mol. The van der Waals surface area contributed by atoms with Crippen molar-refractivity contribution in [2.24, 2.45) is 5.73 Å². The zero-order valence-corrected chi connectivity index (χ0v) is 10.3. The number of aryl methyl sites for hydroxylation is 2. The molecule has 0 atom stereocenters. The van der Waals surface area contributed by atoms with E-state index in [1.807, 2.05) is 16.9 Å². The molecule has 18 heavy (non-hydrogen) atoms. The van der Waals surface area contributed by atoms with Crippen LogP contribution in [-0.4, -0.2) is 16.3 Å². The Morgan fingerprint density at radius 1 is 1.22 bits per heavy atom. The first kappa shape index (κ1) is 12.4. The van der Waals surface area contributed by atoms with Crippen molar-refractivity contribution in [1.29, 1.82) is 0 Å². The van der Waals surface area contributed by atoms with Gasteiger partial charge in [-0.3, -0.25) is 4.68 Å². The van der Waals surface area contributed by atoms with E-state index in [1.54, 1.807) is 6.20 Å². The van der Waals surface area contributed by atoms with Crippen LogP contribution in [-0.2, 0) is 13.0 Å². The number of nitrogens with zero attached hydrogens (tertiary/aromatic N) is 2. The molecule has 2 aromatic rings. The molecule has 92 valence electrons. The van der Waals surface area contributed by atoms with Crippen LogP contribution in [0, 0.1) is 11.8 Å². The van der Waals surface area contributed by atoms with Crippen molar-refractivity contribution in [2.75, 3.05) is 6.54 Å². The molecule has 0 aliphatic rings. The van der Waals surface area contributed by atoms with E-state index in [0.717, 1.165) is 24.9 Å². The van der Waals surface area contributed by atoms with E-state index >= 15 is 0 Å². The van der Waals surface area contributed by atoms with Crippen molar-refractivity contribution < 1.29 is 0 Å². The third-order valence-electron chi connectivity index (χ3n) is 2.66. The zero-order chi connectivity index (χ0) is 12.6. The summed E-state index contributed by atoms with van der Waals surface area (Å²) in [6, 6.07) is 10.5.